The van der Waals surface area contributed by atoms with E-state index in [1.807, 2.05) is 75.4 Å². The number of para-hydroxylation sites is 1. The van der Waals surface area contributed by atoms with E-state index in [1.165, 1.54) is 108 Å². The Morgan fingerprint density at radius 3 is 0.633 bits per heavy atom. The molecule has 11 rings (SSSR count). The van der Waals surface area contributed by atoms with Gasteiger partial charge in [0.2, 0.25) is 0 Å². The molecule has 0 aliphatic carbocycles. The Hall–Kier alpha value is -8.70. The van der Waals surface area contributed by atoms with Crippen LogP contribution in [0.25, 0.3) is 0 Å². The number of rotatable bonds is 1. The lowest BCUT2D eigenvalue weighted by atomic mass is 10.1. The molecule has 0 aliphatic rings. The Morgan fingerprint density at radius 1 is 0.211 bits per heavy atom. The number of hydrogen-bond acceptors (Lipinski definition) is 1. The van der Waals surface area contributed by atoms with Crippen LogP contribution in [0.1, 0.15) is 100 Å². The molecule has 0 saturated heterocycles. The summed E-state index contributed by atoms with van der Waals surface area (Å²) in [6.45, 7) is 36.9. The van der Waals surface area contributed by atoms with E-state index in [9.17, 15) is 13.2 Å². The standard InChI is InChI=1S/C8H10O.7C8H10.C7H7Cl.C7H6F2.C7H7F/c1-7-5-3-4-6-8(7)9-2;5*1-7-3-5-8(2)6-4-7;1-7-4-3-5-8(2)6-7;1-7-5-3-4-6-8(7)2;1-6-4-2-3-5-7(6)8;1-5-2-6(8)4-7(9)3-5;1-6-3-2-4-7(8)5-6/h3-6H,1-2H3;7*3-6H,1-2H3;2-5H,1H3;2-4H,1H3;2-5H,1H3. The van der Waals surface area contributed by atoms with E-state index in [4.69, 9.17) is 16.3 Å². The Balaban J connectivity index is 0.000000495. The fraction of sp³-hybridized carbons (Fsp3) is 0.224. The summed E-state index contributed by atoms with van der Waals surface area (Å²) in [6, 6.07) is 84.8. The largest absolute Gasteiger partial charge is 0.496 e. The minimum atomic E-state index is -0.521. The molecule has 90 heavy (non-hydrogen) atoms. The van der Waals surface area contributed by atoms with E-state index >= 15 is 0 Å². The summed E-state index contributed by atoms with van der Waals surface area (Å²) in [5, 5.41) is 0.840. The molecule has 0 aromatic heterocycles. The van der Waals surface area contributed by atoms with Crippen LogP contribution >= 0.6 is 11.6 Å². The number of halogens is 4. The molecule has 11 aromatic carbocycles. The summed E-state index contributed by atoms with van der Waals surface area (Å²) in [6.07, 6.45) is 0. The molecule has 0 fully saturated rings. The first-order chi connectivity index (χ1) is 42.6. The Bertz CT molecular complexity index is 3050. The maximum atomic E-state index is 12.2. The van der Waals surface area contributed by atoms with Gasteiger partial charge in [-0.15, -0.1) is 0 Å². The second-order valence-corrected chi connectivity index (χ2v) is 22.9. The van der Waals surface area contributed by atoms with Crippen molar-refractivity contribution in [2.75, 3.05) is 7.11 Å². The molecule has 0 unspecified atom stereocenters. The van der Waals surface area contributed by atoms with Crippen molar-refractivity contribution in [3.8, 4) is 5.75 Å². The van der Waals surface area contributed by atoms with Crippen molar-refractivity contribution in [2.45, 2.75) is 125 Å². The zero-order valence-electron chi connectivity index (χ0n) is 57.2. The predicted molar refractivity (Wildman–Crippen MR) is 388 cm³/mol. The van der Waals surface area contributed by atoms with Gasteiger partial charge in [-0.2, -0.15) is 0 Å². The summed E-state index contributed by atoms with van der Waals surface area (Å²) >= 11 is 5.71. The van der Waals surface area contributed by atoms with Crippen LogP contribution in [-0.4, -0.2) is 7.11 Å². The monoisotopic (exact) mass is 1230 g/mol. The molecule has 1 nitrogen and oxygen atoms in total. The van der Waals surface area contributed by atoms with Crippen molar-refractivity contribution >= 4 is 11.6 Å². The van der Waals surface area contributed by atoms with E-state index < -0.39 is 11.6 Å². The maximum absolute atomic E-state index is 12.2. The molecule has 5 heteroatoms. The molecule has 0 heterocycles. The summed E-state index contributed by atoms with van der Waals surface area (Å²) in [5.74, 6) is -0.248. The molecule has 11 aromatic rings. The molecule has 0 aliphatic heterocycles. The van der Waals surface area contributed by atoms with Gasteiger partial charge in [0, 0.05) is 11.1 Å². The van der Waals surface area contributed by atoms with Crippen LogP contribution in [0.5, 0.6) is 5.75 Å². The van der Waals surface area contributed by atoms with E-state index in [2.05, 4.69) is 267 Å². The second-order valence-electron chi connectivity index (χ2n) is 22.5. The molecule has 474 valence electrons. The zero-order chi connectivity index (χ0) is 67.4. The van der Waals surface area contributed by atoms with Gasteiger partial charge in [0.05, 0.1) is 7.11 Å². The zero-order valence-corrected chi connectivity index (χ0v) is 58.0. The highest BCUT2D eigenvalue weighted by Crippen LogP contribution is 2.15. The van der Waals surface area contributed by atoms with Crippen LogP contribution in [-0.2, 0) is 0 Å². The van der Waals surface area contributed by atoms with Gasteiger partial charge >= 0.3 is 0 Å². The minimum absolute atomic E-state index is 0.162. The van der Waals surface area contributed by atoms with Gasteiger partial charge in [0.25, 0.3) is 0 Å². The molecule has 0 amide bonds. The first-order valence-corrected chi connectivity index (χ1v) is 30.7. The highest BCUT2D eigenvalue weighted by atomic mass is 35.5. The van der Waals surface area contributed by atoms with Gasteiger partial charge in [0.1, 0.15) is 23.2 Å². The molecule has 0 saturated carbocycles. The molecule has 0 bridgehead atoms. The number of aryl methyl sites for hydroxylation is 18. The van der Waals surface area contributed by atoms with E-state index in [0.717, 1.165) is 28.0 Å². The summed E-state index contributed by atoms with van der Waals surface area (Å²) in [7, 11) is 1.68. The molecule has 0 radical (unpaired) electrons. The van der Waals surface area contributed by atoms with Crippen molar-refractivity contribution in [1.82, 2.24) is 0 Å². The van der Waals surface area contributed by atoms with Crippen molar-refractivity contribution in [2.24, 2.45) is 0 Å². The average molecular weight is 1230 g/mol. The Morgan fingerprint density at radius 2 is 0.456 bits per heavy atom. The lowest BCUT2D eigenvalue weighted by molar-refractivity contribution is 0.411. The van der Waals surface area contributed by atoms with Crippen LogP contribution in [0, 0.1) is 142 Å². The van der Waals surface area contributed by atoms with Crippen LogP contribution in [0.4, 0.5) is 13.2 Å². The normalized spacial score (nSPS) is 9.28. The van der Waals surface area contributed by atoms with Gasteiger partial charge in [-0.05, 0) is 194 Å². The third-order valence-electron chi connectivity index (χ3n) is 13.1. The SMILES string of the molecule is COc1ccccc1C.Cc1cc(F)cc(F)c1.Cc1ccc(C)cc1.Cc1ccc(C)cc1.Cc1ccc(C)cc1.Cc1ccc(C)cc1.Cc1ccc(C)cc1.Cc1cccc(C)c1.Cc1cccc(F)c1.Cc1ccccc1C.Cc1ccccc1Cl. The van der Waals surface area contributed by atoms with Gasteiger partial charge in [0.15, 0.2) is 0 Å². The van der Waals surface area contributed by atoms with E-state index in [1.54, 1.807) is 20.1 Å². The van der Waals surface area contributed by atoms with Crippen molar-refractivity contribution in [3.05, 3.63) is 383 Å². The van der Waals surface area contributed by atoms with Crippen LogP contribution in [0.15, 0.2) is 261 Å². The van der Waals surface area contributed by atoms with Crippen molar-refractivity contribution in [1.29, 1.82) is 0 Å². The topological polar surface area (TPSA) is 9.23 Å². The number of hydrogen-bond donors (Lipinski definition) is 0. The van der Waals surface area contributed by atoms with Gasteiger partial charge < -0.3 is 4.74 Å². The molecule has 0 atom stereocenters. The minimum Gasteiger partial charge on any atom is -0.496 e. The second kappa shape index (κ2) is 46.4. The number of ether oxygens (including phenoxy) is 1. The fourth-order valence-electron chi connectivity index (χ4n) is 7.29. The molecular formula is C85H100ClF3O. The summed E-state index contributed by atoms with van der Waals surface area (Å²) in [4.78, 5) is 0. The Labute approximate surface area is 547 Å². The number of benzene rings is 11. The van der Waals surface area contributed by atoms with E-state index in [0.29, 0.717) is 5.56 Å². The lowest BCUT2D eigenvalue weighted by Crippen LogP contribution is -1.84. The quantitative estimate of drug-likeness (QED) is 0.159. The molecular weight excluding hydrogens is 1130 g/mol. The lowest BCUT2D eigenvalue weighted by Gasteiger charge is -2.00. The summed E-state index contributed by atoms with van der Waals surface area (Å²) < 4.78 is 41.6. The van der Waals surface area contributed by atoms with Gasteiger partial charge in [-0.25, -0.2) is 13.2 Å². The fourth-order valence-corrected chi connectivity index (χ4v) is 7.42. The third-order valence-corrected chi connectivity index (χ3v) is 13.5. The summed E-state index contributed by atoms with van der Waals surface area (Å²) in [5.41, 5.74) is 22.6. The van der Waals surface area contributed by atoms with Crippen LogP contribution < -0.4 is 4.74 Å². The van der Waals surface area contributed by atoms with Crippen LogP contribution in [0.3, 0.4) is 0 Å². The van der Waals surface area contributed by atoms with Gasteiger partial charge in [-0.1, -0.05) is 297 Å². The van der Waals surface area contributed by atoms with Gasteiger partial charge in [-0.3, -0.25) is 0 Å². The smallest absolute Gasteiger partial charge is 0.126 e. The maximum Gasteiger partial charge on any atom is 0.126 e. The highest BCUT2D eigenvalue weighted by molar-refractivity contribution is 6.31. The molecule has 0 spiro atoms. The average Bonchev–Trinajstić information content (AvgIpc) is 3.72. The first-order valence-electron chi connectivity index (χ1n) is 30.3. The Kier molecular flexibility index (Phi) is 40.9. The van der Waals surface area contributed by atoms with Crippen molar-refractivity contribution < 1.29 is 17.9 Å². The first kappa shape index (κ1) is 79.3. The van der Waals surface area contributed by atoms with Crippen molar-refractivity contribution in [3.63, 3.8) is 0 Å². The van der Waals surface area contributed by atoms with Crippen LogP contribution in [0.2, 0.25) is 5.02 Å². The molecule has 0 N–H and O–H groups in total. The third kappa shape index (κ3) is 41.5. The predicted octanol–water partition coefficient (Wildman–Crippen LogP) is 25.2. The highest BCUT2D eigenvalue weighted by Gasteiger charge is 1.95. The van der Waals surface area contributed by atoms with E-state index in [-0.39, 0.29) is 5.82 Å². The number of methoxy groups -OCH3 is 1.